The van der Waals surface area contributed by atoms with E-state index in [0.717, 1.165) is 40.6 Å². The molecule has 34 heavy (non-hydrogen) atoms. The lowest BCUT2D eigenvalue weighted by Gasteiger charge is -2.35. The molecule has 0 radical (unpaired) electrons. The van der Waals surface area contributed by atoms with Crippen molar-refractivity contribution in [3.05, 3.63) is 81.7 Å². The number of aryl methyl sites for hydroxylation is 2. The molecule has 1 aliphatic heterocycles. The third-order valence-corrected chi connectivity index (χ3v) is 7.15. The van der Waals surface area contributed by atoms with E-state index in [1.165, 1.54) is 0 Å². The molecule has 174 valence electrons. The summed E-state index contributed by atoms with van der Waals surface area (Å²) in [5.41, 5.74) is 4.06. The molecule has 1 saturated carbocycles. The first-order valence-electron chi connectivity index (χ1n) is 11.6. The number of nitrogens with zero attached hydrogens (tertiary/aromatic N) is 5. The summed E-state index contributed by atoms with van der Waals surface area (Å²) in [4.78, 5) is 32.7. The van der Waals surface area contributed by atoms with Gasteiger partial charge in [0.1, 0.15) is 17.2 Å². The fourth-order valence-corrected chi connectivity index (χ4v) is 5.14. The Labute approximate surface area is 196 Å². The fraction of sp³-hybridized carbons (Fsp3) is 0.346. The van der Waals surface area contributed by atoms with Gasteiger partial charge in [0.05, 0.1) is 17.5 Å². The maximum atomic E-state index is 14.6. The van der Waals surface area contributed by atoms with Gasteiger partial charge in [0.15, 0.2) is 0 Å². The number of amides is 1. The fourth-order valence-electron chi connectivity index (χ4n) is 5.14. The summed E-state index contributed by atoms with van der Waals surface area (Å²) in [6.45, 7) is 4.64. The molecule has 1 aliphatic carbocycles. The van der Waals surface area contributed by atoms with Crippen molar-refractivity contribution >= 4 is 16.8 Å². The third kappa shape index (κ3) is 3.20. The van der Waals surface area contributed by atoms with Crippen LogP contribution in [0.1, 0.15) is 53.0 Å². The molecule has 0 unspecified atom stereocenters. The molecule has 6 rings (SSSR count). The number of hydrogen-bond donors (Lipinski definition) is 0. The molecule has 1 atom stereocenters. The Morgan fingerprint density at radius 2 is 1.94 bits per heavy atom. The normalized spacial score (nSPS) is 18.1. The van der Waals surface area contributed by atoms with Gasteiger partial charge in [0.25, 0.3) is 11.5 Å². The predicted octanol–water partition coefficient (Wildman–Crippen LogP) is 3.90. The number of halogens is 1. The maximum Gasteiger partial charge on any atom is 0.275 e. The van der Waals surface area contributed by atoms with Crippen molar-refractivity contribution in [3.63, 3.8) is 0 Å². The van der Waals surface area contributed by atoms with Crippen molar-refractivity contribution in [2.45, 2.75) is 51.7 Å². The topological polar surface area (TPSA) is 65.1 Å². The van der Waals surface area contributed by atoms with Gasteiger partial charge < -0.3 is 18.6 Å². The molecular formula is C26H26FN5O2. The molecule has 1 aromatic carbocycles. The maximum absolute atomic E-state index is 14.6. The van der Waals surface area contributed by atoms with Gasteiger partial charge in [-0.25, -0.2) is 9.37 Å². The van der Waals surface area contributed by atoms with Crippen LogP contribution in [0.2, 0.25) is 0 Å². The molecule has 2 aliphatic rings. The number of imidazole rings is 1. The predicted molar refractivity (Wildman–Crippen MR) is 127 cm³/mol. The number of fused-ring (bicyclic) bond motifs is 2. The van der Waals surface area contributed by atoms with Gasteiger partial charge in [0.2, 0.25) is 0 Å². The smallest absolute Gasteiger partial charge is 0.275 e. The van der Waals surface area contributed by atoms with E-state index in [1.807, 2.05) is 42.6 Å². The summed E-state index contributed by atoms with van der Waals surface area (Å²) < 4.78 is 19.8. The molecule has 4 aromatic rings. The second-order valence-corrected chi connectivity index (χ2v) is 9.65. The lowest BCUT2D eigenvalue weighted by Crippen LogP contribution is -2.49. The monoisotopic (exact) mass is 459 g/mol. The number of hydrogen-bond acceptors (Lipinski definition) is 3. The Morgan fingerprint density at radius 1 is 1.15 bits per heavy atom. The van der Waals surface area contributed by atoms with Gasteiger partial charge in [-0.1, -0.05) is 0 Å². The van der Waals surface area contributed by atoms with E-state index in [0.29, 0.717) is 30.4 Å². The first kappa shape index (κ1) is 20.9. The molecule has 0 N–H and O–H groups in total. The van der Waals surface area contributed by atoms with E-state index in [2.05, 4.69) is 4.98 Å². The van der Waals surface area contributed by atoms with E-state index in [-0.39, 0.29) is 23.3 Å². The van der Waals surface area contributed by atoms with Crippen LogP contribution in [0.15, 0.2) is 47.8 Å². The number of carbonyl (C=O) groups is 1. The van der Waals surface area contributed by atoms with Crippen molar-refractivity contribution in [1.82, 2.24) is 23.6 Å². The van der Waals surface area contributed by atoms with Crippen LogP contribution in [0, 0.1) is 12.7 Å². The molecule has 0 saturated heterocycles. The molecular weight excluding hydrogens is 433 g/mol. The quantitative estimate of drug-likeness (QED) is 0.465. The minimum atomic E-state index is -0.204. The Morgan fingerprint density at radius 3 is 2.65 bits per heavy atom. The molecule has 1 fully saturated rings. The highest BCUT2D eigenvalue weighted by atomic mass is 19.1. The summed E-state index contributed by atoms with van der Waals surface area (Å²) in [7, 11) is 1.90. The summed E-state index contributed by atoms with van der Waals surface area (Å²) in [6.07, 6.45) is 7.44. The zero-order valence-electron chi connectivity index (χ0n) is 19.5. The minimum absolute atomic E-state index is 0.151. The number of pyridine rings is 1. The Hall–Kier alpha value is -3.68. The van der Waals surface area contributed by atoms with E-state index in [4.69, 9.17) is 0 Å². The van der Waals surface area contributed by atoms with Gasteiger partial charge in [-0.3, -0.25) is 9.59 Å². The Bertz CT molecular complexity index is 1520. The molecule has 4 heterocycles. The Balaban J connectivity index is 1.37. The van der Waals surface area contributed by atoms with E-state index >= 15 is 0 Å². The lowest BCUT2D eigenvalue weighted by molar-refractivity contribution is 0.0591. The van der Waals surface area contributed by atoms with E-state index < -0.39 is 0 Å². The highest BCUT2D eigenvalue weighted by molar-refractivity contribution is 5.94. The number of rotatable bonds is 4. The molecule has 3 aromatic heterocycles. The first-order chi connectivity index (χ1) is 16.3. The van der Waals surface area contributed by atoms with Crippen molar-refractivity contribution in [2.75, 3.05) is 0 Å². The molecule has 0 bridgehead atoms. The Kier molecular flexibility index (Phi) is 4.56. The second kappa shape index (κ2) is 7.41. The summed E-state index contributed by atoms with van der Waals surface area (Å²) in [5.74, 6) is -0.0201. The van der Waals surface area contributed by atoms with Gasteiger partial charge >= 0.3 is 0 Å². The molecule has 7 nitrogen and oxygen atoms in total. The van der Waals surface area contributed by atoms with Crippen LogP contribution in [-0.2, 0) is 20.1 Å². The van der Waals surface area contributed by atoms with E-state index in [9.17, 15) is 14.0 Å². The first-order valence-corrected chi connectivity index (χ1v) is 11.6. The van der Waals surface area contributed by atoms with Gasteiger partial charge in [-0.2, -0.15) is 0 Å². The van der Waals surface area contributed by atoms with Gasteiger partial charge in [-0.05, 0) is 68.0 Å². The second-order valence-electron chi connectivity index (χ2n) is 9.65. The summed E-state index contributed by atoms with van der Waals surface area (Å²) in [5, 5.41) is 0.986. The summed E-state index contributed by atoms with van der Waals surface area (Å²) in [6, 6.07) is 6.81. The highest BCUT2D eigenvalue weighted by Gasteiger charge is 2.32. The summed E-state index contributed by atoms with van der Waals surface area (Å²) >= 11 is 0. The van der Waals surface area contributed by atoms with Crippen LogP contribution in [0.3, 0.4) is 0 Å². The highest BCUT2D eigenvalue weighted by Crippen LogP contribution is 2.43. The average molecular weight is 460 g/mol. The molecule has 8 heteroatoms. The zero-order chi connectivity index (χ0) is 23.7. The van der Waals surface area contributed by atoms with E-state index in [1.54, 1.807) is 39.9 Å². The molecule has 1 amide bonds. The van der Waals surface area contributed by atoms with Crippen LogP contribution in [0.5, 0.6) is 0 Å². The van der Waals surface area contributed by atoms with Crippen molar-refractivity contribution in [2.24, 2.45) is 7.05 Å². The average Bonchev–Trinajstić information content (AvgIpc) is 3.49. The van der Waals surface area contributed by atoms with Crippen molar-refractivity contribution in [1.29, 1.82) is 0 Å². The SMILES string of the molecule is Cc1cn(-c2ccc3n(c2=O)C[C@H](C)N(Cc2cn(C)c4cc(F)c(C5CC5)cc24)C3=O)cn1. The van der Waals surface area contributed by atoms with Crippen LogP contribution in [-0.4, -0.2) is 35.5 Å². The van der Waals surface area contributed by atoms with Crippen molar-refractivity contribution in [3.8, 4) is 5.69 Å². The van der Waals surface area contributed by atoms with Crippen LogP contribution in [0.25, 0.3) is 16.6 Å². The number of carbonyl (C=O) groups excluding carboxylic acids is 1. The van der Waals surface area contributed by atoms with Crippen LogP contribution >= 0.6 is 0 Å². The minimum Gasteiger partial charge on any atom is -0.350 e. The zero-order valence-corrected chi connectivity index (χ0v) is 19.5. The number of aromatic nitrogens is 4. The number of benzene rings is 1. The van der Waals surface area contributed by atoms with Crippen LogP contribution in [0.4, 0.5) is 4.39 Å². The molecule has 0 spiro atoms. The van der Waals surface area contributed by atoms with Gasteiger partial charge in [-0.15, -0.1) is 0 Å². The lowest BCUT2D eigenvalue weighted by atomic mass is 10.0. The van der Waals surface area contributed by atoms with Crippen LogP contribution < -0.4 is 5.56 Å². The van der Waals surface area contributed by atoms with Gasteiger partial charge in [0, 0.05) is 44.0 Å². The largest absolute Gasteiger partial charge is 0.350 e. The third-order valence-electron chi connectivity index (χ3n) is 7.15. The van der Waals surface area contributed by atoms with Crippen molar-refractivity contribution < 1.29 is 9.18 Å². The standard InChI is InChI=1S/C26H26FN5O2/c1-15-10-30(14-28-15)22-6-7-23-26(34)31(16(2)11-32(23)25(22)33)13-18-12-29(3)24-9-21(27)19(8-20(18)24)17-4-5-17/h6-10,12,14,16-17H,4-5,11,13H2,1-3H3/t16-/m0/s1.